The normalized spacial score (nSPS) is 16.1. The van der Waals surface area contributed by atoms with Crippen LogP contribution >= 0.6 is 0 Å². The van der Waals surface area contributed by atoms with Gasteiger partial charge in [0.2, 0.25) is 0 Å². The lowest BCUT2D eigenvalue weighted by Gasteiger charge is -2.40. The molecule has 0 saturated carbocycles. The highest BCUT2D eigenvalue weighted by molar-refractivity contribution is 6.74. The minimum absolute atomic E-state index is 0.0342. The Kier molecular flexibility index (Phi) is 6.72. The maximum atomic E-state index is 12.1. The van der Waals surface area contributed by atoms with Crippen molar-refractivity contribution in [1.29, 1.82) is 0 Å². The molecule has 1 amide bonds. The Bertz CT molecular complexity index is 300. The first-order chi connectivity index (χ1) is 8.47. The van der Waals surface area contributed by atoms with Gasteiger partial charge < -0.3 is 4.43 Å². The second-order valence-electron chi connectivity index (χ2n) is 6.63. The van der Waals surface area contributed by atoms with Crippen LogP contribution in [0.2, 0.25) is 18.1 Å². The molecule has 0 aliphatic rings. The molecular weight excluding hydrogens is 258 g/mol. The molecule has 4 nitrogen and oxygen atoms in total. The van der Waals surface area contributed by atoms with Crippen LogP contribution in [0.15, 0.2) is 0 Å². The summed E-state index contributed by atoms with van der Waals surface area (Å²) in [6.45, 7) is 15.0. The second-order valence-corrected chi connectivity index (χ2v) is 11.4. The number of rotatable bonds is 6. The Labute approximate surface area is 119 Å². The van der Waals surface area contributed by atoms with Crippen LogP contribution in [0.4, 0.5) is 0 Å². The molecule has 0 aliphatic carbocycles. The number of amides is 1. The number of carbonyl (C=O) groups excluding carboxylic acids is 1. The number of carbonyl (C=O) groups is 1. The van der Waals surface area contributed by atoms with E-state index in [4.69, 9.17) is 9.26 Å². The average molecular weight is 289 g/mol. The number of nitrogens with zero attached hydrogens (tertiary/aromatic N) is 1. The Balaban J connectivity index is 4.90. The van der Waals surface area contributed by atoms with Crippen LogP contribution < -0.4 is 0 Å². The summed E-state index contributed by atoms with van der Waals surface area (Å²) in [5, 5.41) is 1.43. The fourth-order valence-corrected chi connectivity index (χ4v) is 3.11. The molecule has 5 heteroatoms. The van der Waals surface area contributed by atoms with E-state index in [-0.39, 0.29) is 23.0 Å². The highest BCUT2D eigenvalue weighted by Gasteiger charge is 2.41. The lowest BCUT2D eigenvalue weighted by Crippen LogP contribution is -2.47. The van der Waals surface area contributed by atoms with Crippen molar-refractivity contribution in [1.82, 2.24) is 5.06 Å². The van der Waals surface area contributed by atoms with Crippen LogP contribution in [0.25, 0.3) is 0 Å². The van der Waals surface area contributed by atoms with E-state index < -0.39 is 8.32 Å². The molecule has 114 valence electrons. The monoisotopic (exact) mass is 289 g/mol. The Morgan fingerprint density at radius 3 is 2.11 bits per heavy atom. The van der Waals surface area contributed by atoms with Gasteiger partial charge in [-0.3, -0.25) is 9.63 Å². The molecule has 0 unspecified atom stereocenters. The molecule has 0 bridgehead atoms. The van der Waals surface area contributed by atoms with E-state index in [0.717, 1.165) is 6.42 Å². The first-order valence-electron chi connectivity index (χ1n) is 6.97. The fourth-order valence-electron chi connectivity index (χ4n) is 1.63. The summed E-state index contributed by atoms with van der Waals surface area (Å²) in [6.07, 6.45) is 0.780. The molecule has 0 aromatic carbocycles. The summed E-state index contributed by atoms with van der Waals surface area (Å²) < 4.78 is 6.36. The molecule has 0 saturated heterocycles. The van der Waals surface area contributed by atoms with Gasteiger partial charge in [0.15, 0.2) is 8.32 Å². The van der Waals surface area contributed by atoms with Crippen molar-refractivity contribution in [2.45, 2.75) is 65.3 Å². The minimum Gasteiger partial charge on any atom is -0.413 e. The highest BCUT2D eigenvalue weighted by Crippen LogP contribution is 2.38. The molecule has 0 aliphatic heterocycles. The van der Waals surface area contributed by atoms with Crippen LogP contribution in [0, 0.1) is 5.92 Å². The van der Waals surface area contributed by atoms with E-state index in [1.807, 2.05) is 6.92 Å². The molecule has 0 aromatic heterocycles. The quantitative estimate of drug-likeness (QED) is 0.555. The highest BCUT2D eigenvalue weighted by atomic mass is 28.4. The number of hydrogen-bond acceptors (Lipinski definition) is 3. The van der Waals surface area contributed by atoms with E-state index in [9.17, 15) is 4.79 Å². The zero-order valence-electron chi connectivity index (χ0n) is 14.0. The molecule has 19 heavy (non-hydrogen) atoms. The Morgan fingerprint density at radius 2 is 1.79 bits per heavy atom. The molecule has 0 radical (unpaired) electrons. The smallest absolute Gasteiger partial charge is 0.251 e. The van der Waals surface area contributed by atoms with Gasteiger partial charge in [-0.2, -0.15) is 0 Å². The SMILES string of the molecule is CC[C@H](O[Si](C)(C)C(C)(C)C)[C@H](C)C(=O)N(C)OC. The largest absolute Gasteiger partial charge is 0.413 e. The summed E-state index contributed by atoms with van der Waals surface area (Å²) in [4.78, 5) is 17.1. The molecule has 0 spiro atoms. The van der Waals surface area contributed by atoms with Crippen molar-refractivity contribution in [3.05, 3.63) is 0 Å². The Hall–Kier alpha value is -0.393. The average Bonchev–Trinajstić information content (AvgIpc) is 2.31. The van der Waals surface area contributed by atoms with Gasteiger partial charge in [0.1, 0.15) is 0 Å². The predicted octanol–water partition coefficient (Wildman–Crippen LogP) is 3.44. The lowest BCUT2D eigenvalue weighted by atomic mass is 10.0. The van der Waals surface area contributed by atoms with Crippen molar-refractivity contribution >= 4 is 14.2 Å². The summed E-state index contributed by atoms with van der Waals surface area (Å²) in [7, 11) is 1.28. The van der Waals surface area contributed by atoms with E-state index in [1.165, 1.54) is 12.2 Å². The van der Waals surface area contributed by atoms with Gasteiger partial charge in [0.05, 0.1) is 19.1 Å². The van der Waals surface area contributed by atoms with Crippen LogP contribution in [-0.4, -0.2) is 39.5 Å². The summed E-state index contributed by atoms with van der Waals surface area (Å²) >= 11 is 0. The molecule has 0 N–H and O–H groups in total. The number of hydrogen-bond donors (Lipinski definition) is 0. The third-order valence-electron chi connectivity index (χ3n) is 4.19. The molecule has 0 heterocycles. The maximum absolute atomic E-state index is 12.1. The molecule has 0 fully saturated rings. The third-order valence-corrected chi connectivity index (χ3v) is 8.69. The van der Waals surface area contributed by atoms with Gasteiger partial charge in [0, 0.05) is 7.05 Å². The van der Waals surface area contributed by atoms with E-state index in [2.05, 4.69) is 40.8 Å². The van der Waals surface area contributed by atoms with Crippen molar-refractivity contribution in [2.24, 2.45) is 5.92 Å². The molecular formula is C14H31NO3Si. The minimum atomic E-state index is -1.85. The Morgan fingerprint density at radius 1 is 1.32 bits per heavy atom. The topological polar surface area (TPSA) is 38.8 Å². The van der Waals surface area contributed by atoms with Crippen molar-refractivity contribution < 1.29 is 14.1 Å². The fraction of sp³-hybridized carbons (Fsp3) is 0.929. The van der Waals surface area contributed by atoms with Crippen molar-refractivity contribution in [3.8, 4) is 0 Å². The van der Waals surface area contributed by atoms with Gasteiger partial charge in [-0.25, -0.2) is 5.06 Å². The molecule has 0 rings (SSSR count). The molecule has 0 aromatic rings. The first-order valence-corrected chi connectivity index (χ1v) is 9.88. The standard InChI is InChI=1S/C14H31NO3Si/c1-10-12(11(2)13(16)15(6)17-7)18-19(8,9)14(3,4)5/h11-12H,10H2,1-9H3/t11-,12-/m0/s1. The van der Waals surface area contributed by atoms with Crippen molar-refractivity contribution in [3.63, 3.8) is 0 Å². The van der Waals surface area contributed by atoms with Gasteiger partial charge in [0.25, 0.3) is 5.91 Å². The summed E-state index contributed by atoms with van der Waals surface area (Å²) in [6, 6.07) is 0. The van der Waals surface area contributed by atoms with Crippen LogP contribution in [0.5, 0.6) is 0 Å². The first kappa shape index (κ1) is 18.6. The second kappa shape index (κ2) is 6.86. The van der Waals surface area contributed by atoms with Gasteiger partial charge in [-0.15, -0.1) is 0 Å². The van der Waals surface area contributed by atoms with Crippen LogP contribution in [-0.2, 0) is 14.1 Å². The summed E-state index contributed by atoms with van der Waals surface area (Å²) in [5.41, 5.74) is 0. The van der Waals surface area contributed by atoms with Gasteiger partial charge in [-0.1, -0.05) is 34.6 Å². The lowest BCUT2D eigenvalue weighted by molar-refractivity contribution is -0.175. The summed E-state index contributed by atoms with van der Waals surface area (Å²) in [5.74, 6) is -0.225. The maximum Gasteiger partial charge on any atom is 0.251 e. The zero-order chi connectivity index (χ0) is 15.4. The van der Waals surface area contributed by atoms with Gasteiger partial charge >= 0.3 is 0 Å². The molecule has 2 atom stereocenters. The predicted molar refractivity (Wildman–Crippen MR) is 81.3 cm³/mol. The van der Waals surface area contributed by atoms with E-state index in [0.29, 0.717) is 0 Å². The number of hydroxylamine groups is 2. The third kappa shape index (κ3) is 4.89. The van der Waals surface area contributed by atoms with Crippen molar-refractivity contribution in [2.75, 3.05) is 14.2 Å². The van der Waals surface area contributed by atoms with E-state index in [1.54, 1.807) is 7.05 Å². The van der Waals surface area contributed by atoms with Crippen LogP contribution in [0.3, 0.4) is 0 Å². The van der Waals surface area contributed by atoms with Crippen LogP contribution in [0.1, 0.15) is 41.0 Å². The van der Waals surface area contributed by atoms with E-state index >= 15 is 0 Å². The zero-order valence-corrected chi connectivity index (χ0v) is 15.0. The van der Waals surface area contributed by atoms with Gasteiger partial charge in [-0.05, 0) is 24.6 Å².